The van der Waals surface area contributed by atoms with Gasteiger partial charge < -0.3 is 20.2 Å². The van der Waals surface area contributed by atoms with Gasteiger partial charge in [0, 0.05) is 32.1 Å². The summed E-state index contributed by atoms with van der Waals surface area (Å²) in [6.45, 7) is 5.76. The van der Waals surface area contributed by atoms with Crippen LogP contribution < -0.4 is 5.32 Å². The minimum Gasteiger partial charge on any atom is -0.391 e. The lowest BCUT2D eigenvalue weighted by Gasteiger charge is -2.36. The van der Waals surface area contributed by atoms with Crippen LogP contribution in [0.15, 0.2) is 60.8 Å². The Morgan fingerprint density at radius 2 is 1.68 bits per heavy atom. The van der Waals surface area contributed by atoms with Crippen LogP contribution in [0.4, 0.5) is 4.39 Å². The van der Waals surface area contributed by atoms with Gasteiger partial charge in [0.1, 0.15) is 11.4 Å². The van der Waals surface area contributed by atoms with Crippen LogP contribution in [0.2, 0.25) is 0 Å². The zero-order valence-electron chi connectivity index (χ0n) is 23.6. The Morgan fingerprint density at radius 3 is 2.35 bits per heavy atom. The minimum atomic E-state index is -1.43. The molecule has 0 spiro atoms. The molecule has 1 aliphatic heterocycles. The lowest BCUT2D eigenvalue weighted by Crippen LogP contribution is -2.51. The molecule has 2 heterocycles. The van der Waals surface area contributed by atoms with Crippen molar-refractivity contribution in [2.45, 2.75) is 57.3 Å². The lowest BCUT2D eigenvalue weighted by atomic mass is 9.87. The molecule has 1 fully saturated rings. The van der Waals surface area contributed by atoms with Gasteiger partial charge >= 0.3 is 0 Å². The number of aliphatic hydroxyl groups excluding tert-OH is 1. The van der Waals surface area contributed by atoms with E-state index in [2.05, 4.69) is 20.2 Å². The van der Waals surface area contributed by atoms with Crippen molar-refractivity contribution < 1.29 is 19.1 Å². The molecular formula is C31H40FN5O3. The molecule has 1 aliphatic rings. The van der Waals surface area contributed by atoms with Gasteiger partial charge in [0.05, 0.1) is 29.4 Å². The Hall–Kier alpha value is -3.43. The largest absolute Gasteiger partial charge is 0.391 e. The van der Waals surface area contributed by atoms with Crippen LogP contribution in [0.3, 0.4) is 0 Å². The van der Waals surface area contributed by atoms with Crippen molar-refractivity contribution in [2.75, 3.05) is 33.2 Å². The molecule has 1 aromatic heterocycles. The molecule has 4 rings (SSSR count). The molecule has 1 saturated heterocycles. The van der Waals surface area contributed by atoms with Crippen LogP contribution in [0.1, 0.15) is 49.2 Å². The monoisotopic (exact) mass is 549 g/mol. The number of piperazine rings is 1. The zero-order valence-corrected chi connectivity index (χ0v) is 23.6. The average molecular weight is 550 g/mol. The topological polar surface area (TPSA) is 98.7 Å². The quantitative estimate of drug-likeness (QED) is 0.379. The van der Waals surface area contributed by atoms with Crippen LogP contribution >= 0.6 is 0 Å². The number of likely N-dealkylation sites (N-methyl/N-ethyl adjacent to an activating group) is 1. The first-order valence-corrected chi connectivity index (χ1v) is 14.0. The van der Waals surface area contributed by atoms with E-state index < -0.39 is 29.6 Å². The van der Waals surface area contributed by atoms with Crippen LogP contribution in [-0.4, -0.2) is 87.7 Å². The van der Waals surface area contributed by atoms with Gasteiger partial charge in [0.25, 0.3) is 5.91 Å². The third-order valence-corrected chi connectivity index (χ3v) is 7.54. The number of amides is 2. The van der Waals surface area contributed by atoms with Gasteiger partial charge in [-0.1, -0.05) is 42.5 Å². The molecule has 2 aromatic carbocycles. The number of aromatic nitrogens is 2. The van der Waals surface area contributed by atoms with Crippen LogP contribution in [0.25, 0.3) is 11.0 Å². The maximum Gasteiger partial charge on any atom is 0.271 e. The van der Waals surface area contributed by atoms with Gasteiger partial charge in [-0.15, -0.1) is 0 Å². The number of carbonyl (C=O) groups is 2. The summed E-state index contributed by atoms with van der Waals surface area (Å²) < 4.78 is 14.5. The molecule has 2 amide bonds. The van der Waals surface area contributed by atoms with Crippen LogP contribution in [0.5, 0.6) is 0 Å². The minimum absolute atomic E-state index is 0.0680. The average Bonchev–Trinajstić information content (AvgIpc) is 2.94. The standard InChI is InChI=1S/C31H40FN5O3/c1-31(2,32)14-13-23(30(40)37-17-15-36(3)16-18-37)20-28(38)26(19-22-9-5-4-6-10-22)35-29(39)27-21-33-24-11-7-8-12-25(24)34-27/h4-12,21,23,26,28,38H,13-20H2,1-3H3,(H,35,39)/t23?,26-,28-/m0/s1. The first-order chi connectivity index (χ1) is 19.1. The summed E-state index contributed by atoms with van der Waals surface area (Å²) in [4.78, 5) is 39.6. The number of fused-ring (bicyclic) bond motifs is 1. The van der Waals surface area contributed by atoms with Gasteiger partial charge in [0.15, 0.2) is 0 Å². The number of para-hydroxylation sites is 2. The number of carbonyl (C=O) groups excluding carboxylic acids is 2. The van der Waals surface area contributed by atoms with E-state index in [-0.39, 0.29) is 24.4 Å². The number of alkyl halides is 1. The van der Waals surface area contributed by atoms with Gasteiger partial charge in [0.2, 0.25) is 5.91 Å². The van der Waals surface area contributed by atoms with Crippen molar-refractivity contribution in [3.8, 4) is 0 Å². The van der Waals surface area contributed by atoms with E-state index in [0.717, 1.165) is 18.7 Å². The second kappa shape index (κ2) is 13.3. The fourth-order valence-electron chi connectivity index (χ4n) is 5.06. The third kappa shape index (κ3) is 8.29. The molecule has 0 aliphatic carbocycles. The summed E-state index contributed by atoms with van der Waals surface area (Å²) >= 11 is 0. The molecule has 40 heavy (non-hydrogen) atoms. The van der Waals surface area contributed by atoms with Gasteiger partial charge in [-0.2, -0.15) is 0 Å². The maximum absolute atomic E-state index is 14.5. The van der Waals surface area contributed by atoms with E-state index in [1.807, 2.05) is 60.5 Å². The zero-order chi connectivity index (χ0) is 28.7. The molecule has 3 atom stereocenters. The van der Waals surface area contributed by atoms with E-state index in [1.54, 1.807) is 6.07 Å². The molecule has 8 nitrogen and oxygen atoms in total. The van der Waals surface area contributed by atoms with E-state index in [1.165, 1.54) is 20.0 Å². The van der Waals surface area contributed by atoms with E-state index in [4.69, 9.17) is 0 Å². The molecule has 0 bridgehead atoms. The molecule has 9 heteroatoms. The predicted octanol–water partition coefficient (Wildman–Crippen LogP) is 3.64. The summed E-state index contributed by atoms with van der Waals surface area (Å²) in [5.41, 5.74) is 0.928. The van der Waals surface area contributed by atoms with Crippen molar-refractivity contribution in [1.82, 2.24) is 25.1 Å². The molecule has 1 unspecified atom stereocenters. The summed E-state index contributed by atoms with van der Waals surface area (Å²) in [5, 5.41) is 14.5. The highest BCUT2D eigenvalue weighted by Gasteiger charge is 2.33. The van der Waals surface area contributed by atoms with Crippen LogP contribution in [0, 0.1) is 5.92 Å². The van der Waals surface area contributed by atoms with Gasteiger partial charge in [-0.3, -0.25) is 14.6 Å². The first-order valence-electron chi connectivity index (χ1n) is 14.0. The first kappa shape index (κ1) is 29.6. The Labute approximate surface area is 235 Å². The van der Waals surface area contributed by atoms with Crippen LogP contribution in [-0.2, 0) is 11.2 Å². The Kier molecular flexibility index (Phi) is 9.81. The Morgan fingerprint density at radius 1 is 1.02 bits per heavy atom. The number of nitrogens with zero attached hydrogens (tertiary/aromatic N) is 4. The summed E-state index contributed by atoms with van der Waals surface area (Å²) in [5.74, 6) is -1.09. The Bertz CT molecular complexity index is 1270. The van der Waals surface area contributed by atoms with E-state index >= 15 is 0 Å². The number of benzene rings is 2. The van der Waals surface area contributed by atoms with Crippen molar-refractivity contribution in [3.05, 3.63) is 72.1 Å². The predicted molar refractivity (Wildman–Crippen MR) is 154 cm³/mol. The fourth-order valence-corrected chi connectivity index (χ4v) is 5.06. The Balaban J connectivity index is 1.54. The molecule has 214 valence electrons. The number of rotatable bonds is 11. The summed E-state index contributed by atoms with van der Waals surface area (Å²) in [7, 11) is 2.02. The SMILES string of the molecule is CN1CCN(C(=O)C(CCC(C)(C)F)C[C@H](O)[C@H](Cc2ccccc2)NC(=O)c2cnc3ccccc3n2)CC1. The highest BCUT2D eigenvalue weighted by Crippen LogP contribution is 2.26. The normalized spacial score (nSPS) is 16.9. The fraction of sp³-hybridized carbons (Fsp3) is 0.484. The number of hydrogen-bond donors (Lipinski definition) is 2. The number of nitrogens with one attached hydrogen (secondary N) is 1. The number of halogens is 1. The highest BCUT2D eigenvalue weighted by molar-refractivity contribution is 5.94. The number of aliphatic hydroxyl groups is 1. The van der Waals surface area contributed by atoms with E-state index in [9.17, 15) is 19.1 Å². The lowest BCUT2D eigenvalue weighted by molar-refractivity contribution is -0.138. The number of hydrogen-bond acceptors (Lipinski definition) is 6. The summed E-state index contributed by atoms with van der Waals surface area (Å²) in [6.07, 6.45) is 1.37. The van der Waals surface area contributed by atoms with Crippen molar-refractivity contribution in [2.24, 2.45) is 5.92 Å². The van der Waals surface area contributed by atoms with Crippen molar-refractivity contribution in [3.63, 3.8) is 0 Å². The second-order valence-electron chi connectivity index (χ2n) is 11.4. The second-order valence-corrected chi connectivity index (χ2v) is 11.4. The third-order valence-electron chi connectivity index (χ3n) is 7.54. The molecule has 0 radical (unpaired) electrons. The van der Waals surface area contributed by atoms with Gasteiger partial charge in [-0.05, 0) is 64.3 Å². The molecule has 0 saturated carbocycles. The van der Waals surface area contributed by atoms with Crippen molar-refractivity contribution >= 4 is 22.8 Å². The van der Waals surface area contributed by atoms with Crippen molar-refractivity contribution in [1.29, 1.82) is 0 Å². The van der Waals surface area contributed by atoms with E-state index in [0.29, 0.717) is 37.0 Å². The molecule has 2 N–H and O–H groups in total. The smallest absolute Gasteiger partial charge is 0.271 e. The maximum atomic E-state index is 14.5. The molecule has 3 aromatic rings. The molecular weight excluding hydrogens is 509 g/mol. The summed E-state index contributed by atoms with van der Waals surface area (Å²) in [6, 6.07) is 16.2. The van der Waals surface area contributed by atoms with Gasteiger partial charge in [-0.25, -0.2) is 9.37 Å². The highest BCUT2D eigenvalue weighted by atomic mass is 19.1.